The molecule has 2 aromatic carbocycles. The van der Waals surface area contributed by atoms with Gasteiger partial charge in [0, 0.05) is 18.3 Å². The largest absolute Gasteiger partial charge is 0.457 e. The van der Waals surface area contributed by atoms with Crippen molar-refractivity contribution < 1.29 is 14.3 Å². The summed E-state index contributed by atoms with van der Waals surface area (Å²) in [5.74, 6) is 1.90. The van der Waals surface area contributed by atoms with E-state index in [2.05, 4.69) is 16.5 Å². The van der Waals surface area contributed by atoms with Gasteiger partial charge in [-0.1, -0.05) is 36.4 Å². The molecule has 0 saturated carbocycles. The summed E-state index contributed by atoms with van der Waals surface area (Å²) in [5.41, 5.74) is 13.4. The Morgan fingerprint density at radius 3 is 2.46 bits per heavy atom. The van der Waals surface area contributed by atoms with Crippen molar-refractivity contribution in [1.82, 2.24) is 14.5 Å². The lowest BCUT2D eigenvalue weighted by Crippen LogP contribution is -2.33. The van der Waals surface area contributed by atoms with Gasteiger partial charge in [-0.3, -0.25) is 0 Å². The average Bonchev–Trinajstić information content (AvgIpc) is 3.18. The summed E-state index contributed by atoms with van der Waals surface area (Å²) in [6.07, 6.45) is 5.06. The number of nitrogens with zero attached hydrogens (tertiary/aromatic N) is 3. The van der Waals surface area contributed by atoms with Gasteiger partial charge in [0.15, 0.2) is 0 Å². The Bertz CT molecular complexity index is 1330. The van der Waals surface area contributed by atoms with E-state index in [4.69, 9.17) is 20.9 Å². The van der Waals surface area contributed by atoms with Crippen molar-refractivity contribution in [1.29, 1.82) is 0 Å². The molecule has 0 spiro atoms. The number of fused-ring (bicyclic) bond motifs is 1. The lowest BCUT2D eigenvalue weighted by atomic mass is 9.93. The normalized spacial score (nSPS) is 12.3. The smallest absolute Gasteiger partial charge is 0.405 e. The number of hydrogen-bond donors (Lipinski definition) is 2. The molecule has 1 amide bonds. The molecule has 0 radical (unpaired) electrons. The van der Waals surface area contributed by atoms with Gasteiger partial charge in [0.05, 0.1) is 5.39 Å². The summed E-state index contributed by atoms with van der Waals surface area (Å²) in [5, 5.41) is 0.777. The predicted molar refractivity (Wildman–Crippen MR) is 137 cm³/mol. The molecule has 0 bridgehead atoms. The fraction of sp³-hybridized carbons (Fsp3) is 0.222. The fourth-order valence-electron chi connectivity index (χ4n) is 4.25. The number of nitrogen functional groups attached to an aromatic ring is 1. The van der Waals surface area contributed by atoms with Crippen LogP contribution in [0.4, 0.5) is 10.6 Å². The highest BCUT2D eigenvalue weighted by molar-refractivity contribution is 6.00. The molecule has 1 atom stereocenters. The van der Waals surface area contributed by atoms with Crippen molar-refractivity contribution in [3.8, 4) is 22.6 Å². The Kier molecular flexibility index (Phi) is 6.73. The van der Waals surface area contributed by atoms with E-state index in [-0.39, 0.29) is 5.92 Å². The second-order valence-electron chi connectivity index (χ2n) is 8.97. The van der Waals surface area contributed by atoms with Crippen molar-refractivity contribution in [2.24, 2.45) is 11.7 Å². The number of allylic oxidation sites excluding steroid dienone is 1. The van der Waals surface area contributed by atoms with Gasteiger partial charge >= 0.3 is 6.09 Å². The van der Waals surface area contributed by atoms with Crippen LogP contribution in [0.25, 0.3) is 22.2 Å². The molecule has 0 unspecified atom stereocenters. The summed E-state index contributed by atoms with van der Waals surface area (Å²) >= 11 is 0. The van der Waals surface area contributed by atoms with Gasteiger partial charge in [0.25, 0.3) is 0 Å². The molecular formula is C27H29N5O3. The first-order valence-corrected chi connectivity index (χ1v) is 11.3. The number of ether oxygens (including phenoxy) is 2. The van der Waals surface area contributed by atoms with Crippen LogP contribution in [0.15, 0.2) is 79.8 Å². The van der Waals surface area contributed by atoms with Crippen LogP contribution in [0.2, 0.25) is 0 Å². The molecule has 8 nitrogen and oxygen atoms in total. The molecule has 180 valence electrons. The number of amides is 1. The second kappa shape index (κ2) is 9.89. The average molecular weight is 472 g/mol. The van der Waals surface area contributed by atoms with E-state index in [1.165, 1.54) is 6.33 Å². The maximum atomic E-state index is 11.3. The molecule has 0 aliphatic rings. The van der Waals surface area contributed by atoms with Crippen molar-refractivity contribution in [2.75, 3.05) is 5.73 Å². The third-order valence-corrected chi connectivity index (χ3v) is 5.72. The standard InChI is InChI=1S/C27H29N5O3/c1-4-18(14-27(2,3)35-26(29)33)15-32-16-22(23-24(28)30-17-31-25(23)32)19-10-12-21(13-11-19)34-20-8-6-5-7-9-20/h4-13,16-18H,1,14-15H2,2-3H3,(H2,29,33)(H2,28,30,31)/t18-/m0/s1. The van der Waals surface area contributed by atoms with Crippen LogP contribution in [-0.2, 0) is 11.3 Å². The molecule has 8 heteroatoms. The fourth-order valence-corrected chi connectivity index (χ4v) is 4.25. The Hall–Kier alpha value is -4.33. The van der Waals surface area contributed by atoms with Crippen molar-refractivity contribution in [3.05, 3.63) is 79.8 Å². The third kappa shape index (κ3) is 5.60. The van der Waals surface area contributed by atoms with Crippen LogP contribution < -0.4 is 16.2 Å². The molecule has 4 N–H and O–H groups in total. The zero-order valence-corrected chi connectivity index (χ0v) is 19.8. The van der Waals surface area contributed by atoms with Crippen LogP contribution in [0.3, 0.4) is 0 Å². The summed E-state index contributed by atoms with van der Waals surface area (Å²) in [4.78, 5) is 20.0. The third-order valence-electron chi connectivity index (χ3n) is 5.72. The highest BCUT2D eigenvalue weighted by Crippen LogP contribution is 2.35. The van der Waals surface area contributed by atoms with E-state index >= 15 is 0 Å². The van der Waals surface area contributed by atoms with Crippen molar-refractivity contribution in [3.63, 3.8) is 0 Å². The number of nitrogens with two attached hydrogens (primary N) is 2. The summed E-state index contributed by atoms with van der Waals surface area (Å²) < 4.78 is 13.2. The number of aromatic nitrogens is 3. The first-order chi connectivity index (χ1) is 16.8. The molecule has 35 heavy (non-hydrogen) atoms. The van der Waals surface area contributed by atoms with Crippen LogP contribution in [0.1, 0.15) is 20.3 Å². The van der Waals surface area contributed by atoms with E-state index in [1.54, 1.807) is 0 Å². The number of carbonyl (C=O) groups is 1. The summed E-state index contributed by atoms with van der Waals surface area (Å²) in [7, 11) is 0. The summed E-state index contributed by atoms with van der Waals surface area (Å²) in [6, 6.07) is 17.4. The van der Waals surface area contributed by atoms with Gasteiger partial charge in [-0.15, -0.1) is 6.58 Å². The minimum atomic E-state index is -0.799. The predicted octanol–water partition coefficient (Wildman–Crippen LogP) is 5.54. The second-order valence-corrected chi connectivity index (χ2v) is 8.97. The first-order valence-electron chi connectivity index (χ1n) is 11.3. The van der Waals surface area contributed by atoms with Crippen LogP contribution >= 0.6 is 0 Å². The molecular weight excluding hydrogens is 442 g/mol. The van der Waals surface area contributed by atoms with Crippen LogP contribution in [-0.4, -0.2) is 26.2 Å². The lowest BCUT2D eigenvalue weighted by molar-refractivity contribution is 0.0296. The van der Waals surface area contributed by atoms with Crippen molar-refractivity contribution >= 4 is 22.9 Å². The van der Waals surface area contributed by atoms with Gasteiger partial charge in [-0.2, -0.15) is 0 Å². The molecule has 0 aliphatic carbocycles. The van der Waals surface area contributed by atoms with Crippen LogP contribution in [0, 0.1) is 5.92 Å². The first kappa shape index (κ1) is 23.8. The molecule has 4 rings (SSSR count). The zero-order chi connectivity index (χ0) is 25.0. The molecule has 0 saturated heterocycles. The highest BCUT2D eigenvalue weighted by Gasteiger charge is 2.26. The maximum absolute atomic E-state index is 11.3. The molecule has 0 aliphatic heterocycles. The SMILES string of the molecule is C=C[C@H](Cn1cc(-c2ccc(Oc3ccccc3)cc2)c2c(N)ncnc21)CC(C)(C)OC(N)=O. The number of para-hydroxylation sites is 1. The van der Waals surface area contributed by atoms with E-state index < -0.39 is 11.7 Å². The zero-order valence-electron chi connectivity index (χ0n) is 19.8. The highest BCUT2D eigenvalue weighted by atomic mass is 16.6. The number of benzene rings is 2. The lowest BCUT2D eigenvalue weighted by Gasteiger charge is -2.27. The van der Waals surface area contributed by atoms with E-state index in [1.807, 2.05) is 85.3 Å². The van der Waals surface area contributed by atoms with Gasteiger partial charge in [0.1, 0.15) is 34.9 Å². The number of carbonyl (C=O) groups excluding carboxylic acids is 1. The molecule has 2 heterocycles. The van der Waals surface area contributed by atoms with E-state index in [0.717, 1.165) is 33.7 Å². The number of anilines is 1. The molecule has 2 aromatic heterocycles. The van der Waals surface area contributed by atoms with Crippen LogP contribution in [0.5, 0.6) is 11.5 Å². The quantitative estimate of drug-likeness (QED) is 0.309. The van der Waals surface area contributed by atoms with Gasteiger partial charge in [-0.05, 0) is 56.0 Å². The minimum absolute atomic E-state index is 0.00867. The van der Waals surface area contributed by atoms with E-state index in [0.29, 0.717) is 18.8 Å². The Labute approximate surface area is 204 Å². The maximum Gasteiger partial charge on any atom is 0.405 e. The monoisotopic (exact) mass is 471 g/mol. The molecule has 0 fully saturated rings. The topological polar surface area (TPSA) is 118 Å². The van der Waals surface area contributed by atoms with Gasteiger partial charge in [0.2, 0.25) is 0 Å². The number of hydrogen-bond acceptors (Lipinski definition) is 6. The summed E-state index contributed by atoms with van der Waals surface area (Å²) in [6.45, 7) is 8.19. The van der Waals surface area contributed by atoms with Gasteiger partial charge < -0.3 is 25.5 Å². The van der Waals surface area contributed by atoms with Crippen molar-refractivity contribution in [2.45, 2.75) is 32.4 Å². The van der Waals surface area contributed by atoms with E-state index in [9.17, 15) is 4.79 Å². The minimum Gasteiger partial charge on any atom is -0.457 e. The Balaban J connectivity index is 1.64. The number of primary amides is 1. The number of rotatable bonds is 9. The Morgan fingerprint density at radius 2 is 1.80 bits per heavy atom. The Morgan fingerprint density at radius 1 is 1.11 bits per heavy atom. The molecule has 4 aromatic rings. The van der Waals surface area contributed by atoms with Gasteiger partial charge in [-0.25, -0.2) is 14.8 Å².